The van der Waals surface area contributed by atoms with E-state index in [2.05, 4.69) is 22.2 Å². The Kier molecular flexibility index (Phi) is 4.62. The van der Waals surface area contributed by atoms with Gasteiger partial charge in [0, 0.05) is 32.7 Å². The lowest BCUT2D eigenvalue weighted by molar-refractivity contribution is 0.0658. The van der Waals surface area contributed by atoms with Gasteiger partial charge in [-0.25, -0.2) is 4.98 Å². The van der Waals surface area contributed by atoms with Gasteiger partial charge in [0.1, 0.15) is 5.69 Å². The highest BCUT2D eigenvalue weighted by atomic mass is 16.7. The van der Waals surface area contributed by atoms with E-state index >= 15 is 0 Å². The second-order valence-electron chi connectivity index (χ2n) is 6.57. The number of nitrogens with zero attached hydrogens (tertiary/aromatic N) is 3. The minimum absolute atomic E-state index is 0.000390. The molecule has 7 heteroatoms. The summed E-state index contributed by atoms with van der Waals surface area (Å²) in [6.07, 6.45) is 1.70. The fourth-order valence-electron chi connectivity index (χ4n) is 3.05. The van der Waals surface area contributed by atoms with E-state index in [0.29, 0.717) is 12.2 Å². The molecule has 7 nitrogen and oxygen atoms in total. The van der Waals surface area contributed by atoms with Gasteiger partial charge in [-0.2, -0.15) is 0 Å². The van der Waals surface area contributed by atoms with Crippen molar-refractivity contribution < 1.29 is 14.3 Å². The Bertz CT molecular complexity index is 786. The van der Waals surface area contributed by atoms with Gasteiger partial charge in [-0.05, 0) is 36.9 Å². The third kappa shape index (κ3) is 3.57. The van der Waals surface area contributed by atoms with Gasteiger partial charge in [-0.3, -0.25) is 4.79 Å². The molecule has 1 aromatic carbocycles. The van der Waals surface area contributed by atoms with Crippen molar-refractivity contribution in [2.45, 2.75) is 6.54 Å². The van der Waals surface area contributed by atoms with Gasteiger partial charge >= 0.3 is 0 Å². The number of carbonyl (C=O) groups excluding carboxylic acids is 1. The van der Waals surface area contributed by atoms with E-state index in [-0.39, 0.29) is 12.7 Å². The molecule has 4 rings (SSSR count). The number of likely N-dealkylation sites (N-methyl/N-ethyl adjacent to an activating group) is 1. The fourth-order valence-corrected chi connectivity index (χ4v) is 3.05. The standard InChI is InChI=1S/C19H22N4O3/c1-22-6-8-23(9-7-22)19(24)16-4-3-15(12-21-16)20-11-14-2-5-17-18(10-14)26-13-25-17/h2-5,10,12,20H,6-9,11,13H2,1H3. The summed E-state index contributed by atoms with van der Waals surface area (Å²) in [5, 5.41) is 3.31. The SMILES string of the molecule is CN1CCN(C(=O)c2ccc(NCc3ccc4c(c3)OCO4)cn2)CC1. The number of hydrogen-bond acceptors (Lipinski definition) is 6. The van der Waals surface area contributed by atoms with Crippen molar-refractivity contribution in [2.75, 3.05) is 45.3 Å². The van der Waals surface area contributed by atoms with Crippen molar-refractivity contribution in [3.05, 3.63) is 47.8 Å². The van der Waals surface area contributed by atoms with Gasteiger partial charge in [-0.15, -0.1) is 0 Å². The molecule has 2 aliphatic rings. The van der Waals surface area contributed by atoms with Gasteiger partial charge in [0.05, 0.1) is 11.9 Å². The average molecular weight is 354 g/mol. The molecule has 0 radical (unpaired) electrons. The van der Waals surface area contributed by atoms with Crippen molar-refractivity contribution in [1.29, 1.82) is 0 Å². The van der Waals surface area contributed by atoms with Crippen LogP contribution < -0.4 is 14.8 Å². The lowest BCUT2D eigenvalue weighted by atomic mass is 10.2. The number of ether oxygens (including phenoxy) is 2. The molecule has 1 fully saturated rings. The van der Waals surface area contributed by atoms with Gasteiger partial charge in [0.15, 0.2) is 11.5 Å². The molecular weight excluding hydrogens is 332 g/mol. The quantitative estimate of drug-likeness (QED) is 0.903. The van der Waals surface area contributed by atoms with Crippen LogP contribution in [0.4, 0.5) is 5.69 Å². The average Bonchev–Trinajstić information content (AvgIpc) is 3.15. The van der Waals surface area contributed by atoms with Crippen molar-refractivity contribution in [3.63, 3.8) is 0 Å². The van der Waals surface area contributed by atoms with Crippen LogP contribution in [0.2, 0.25) is 0 Å². The highest BCUT2D eigenvalue weighted by Gasteiger charge is 2.21. The predicted molar refractivity (Wildman–Crippen MR) is 97.5 cm³/mol. The maximum absolute atomic E-state index is 12.5. The smallest absolute Gasteiger partial charge is 0.272 e. The summed E-state index contributed by atoms with van der Waals surface area (Å²) in [6, 6.07) is 9.55. The number of nitrogens with one attached hydrogen (secondary N) is 1. The van der Waals surface area contributed by atoms with Crippen LogP contribution in [-0.4, -0.2) is 60.7 Å². The Morgan fingerprint density at radius 2 is 1.92 bits per heavy atom. The molecule has 0 spiro atoms. The minimum Gasteiger partial charge on any atom is -0.454 e. The number of amides is 1. The minimum atomic E-state index is 0.000390. The predicted octanol–water partition coefficient (Wildman–Crippen LogP) is 1.81. The largest absolute Gasteiger partial charge is 0.454 e. The van der Waals surface area contributed by atoms with Gasteiger partial charge in [0.2, 0.25) is 6.79 Å². The number of rotatable bonds is 4. The zero-order valence-electron chi connectivity index (χ0n) is 14.8. The number of piperazine rings is 1. The van der Waals surface area contributed by atoms with Crippen molar-refractivity contribution in [2.24, 2.45) is 0 Å². The molecule has 1 amide bonds. The van der Waals surface area contributed by atoms with Crippen LogP contribution in [0.5, 0.6) is 11.5 Å². The van der Waals surface area contributed by atoms with Crippen LogP contribution in [0.3, 0.4) is 0 Å². The normalized spacial score (nSPS) is 16.6. The number of anilines is 1. The summed E-state index contributed by atoms with van der Waals surface area (Å²) in [4.78, 5) is 20.9. The van der Waals surface area contributed by atoms with Crippen LogP contribution in [0.25, 0.3) is 0 Å². The molecular formula is C19H22N4O3. The van der Waals surface area contributed by atoms with Gasteiger partial charge in [-0.1, -0.05) is 6.07 Å². The number of hydrogen-bond donors (Lipinski definition) is 1. The van der Waals surface area contributed by atoms with E-state index in [9.17, 15) is 4.79 Å². The Morgan fingerprint density at radius 3 is 2.69 bits per heavy atom. The Balaban J connectivity index is 1.35. The zero-order valence-corrected chi connectivity index (χ0v) is 14.8. The van der Waals surface area contributed by atoms with E-state index in [1.807, 2.05) is 29.2 Å². The molecule has 0 saturated carbocycles. The lowest BCUT2D eigenvalue weighted by Gasteiger charge is -2.32. The molecule has 2 aliphatic heterocycles. The van der Waals surface area contributed by atoms with E-state index in [0.717, 1.165) is 48.9 Å². The highest BCUT2D eigenvalue weighted by molar-refractivity contribution is 5.92. The second-order valence-corrected chi connectivity index (χ2v) is 6.57. The molecule has 136 valence electrons. The number of benzene rings is 1. The monoisotopic (exact) mass is 354 g/mol. The summed E-state index contributed by atoms with van der Waals surface area (Å²) in [5.41, 5.74) is 2.45. The summed E-state index contributed by atoms with van der Waals surface area (Å²) in [7, 11) is 2.07. The van der Waals surface area contributed by atoms with Gasteiger partial charge < -0.3 is 24.6 Å². The highest BCUT2D eigenvalue weighted by Crippen LogP contribution is 2.32. The van der Waals surface area contributed by atoms with E-state index < -0.39 is 0 Å². The van der Waals surface area contributed by atoms with Crippen molar-refractivity contribution in [3.8, 4) is 11.5 Å². The first-order chi connectivity index (χ1) is 12.7. The first-order valence-electron chi connectivity index (χ1n) is 8.75. The number of pyridine rings is 1. The molecule has 0 aliphatic carbocycles. The lowest BCUT2D eigenvalue weighted by Crippen LogP contribution is -2.47. The molecule has 3 heterocycles. The van der Waals surface area contributed by atoms with E-state index in [1.165, 1.54) is 0 Å². The number of carbonyl (C=O) groups is 1. The van der Waals surface area contributed by atoms with E-state index in [1.54, 1.807) is 12.3 Å². The zero-order chi connectivity index (χ0) is 17.9. The first kappa shape index (κ1) is 16.7. The third-order valence-corrected chi connectivity index (χ3v) is 4.71. The third-order valence-electron chi connectivity index (χ3n) is 4.71. The molecule has 1 saturated heterocycles. The maximum Gasteiger partial charge on any atom is 0.272 e. The molecule has 0 atom stereocenters. The summed E-state index contributed by atoms with van der Waals surface area (Å²) >= 11 is 0. The Morgan fingerprint density at radius 1 is 1.12 bits per heavy atom. The van der Waals surface area contributed by atoms with E-state index in [4.69, 9.17) is 9.47 Å². The summed E-state index contributed by atoms with van der Waals surface area (Å²) in [5.74, 6) is 1.55. The van der Waals surface area contributed by atoms with Crippen molar-refractivity contribution in [1.82, 2.24) is 14.8 Å². The van der Waals surface area contributed by atoms with Crippen LogP contribution in [0.15, 0.2) is 36.5 Å². The summed E-state index contributed by atoms with van der Waals surface area (Å²) in [6.45, 7) is 4.23. The number of fused-ring (bicyclic) bond motifs is 1. The van der Waals surface area contributed by atoms with Crippen LogP contribution in [0.1, 0.15) is 16.1 Å². The molecule has 1 aromatic heterocycles. The first-order valence-corrected chi connectivity index (χ1v) is 8.75. The molecule has 2 aromatic rings. The van der Waals surface area contributed by atoms with Crippen LogP contribution in [0, 0.1) is 0 Å². The Labute approximate surface area is 152 Å². The molecule has 1 N–H and O–H groups in total. The molecule has 26 heavy (non-hydrogen) atoms. The fraction of sp³-hybridized carbons (Fsp3) is 0.368. The van der Waals surface area contributed by atoms with Crippen molar-refractivity contribution >= 4 is 11.6 Å². The Hall–Kier alpha value is -2.80. The number of aromatic nitrogens is 1. The van der Waals surface area contributed by atoms with Crippen LogP contribution in [-0.2, 0) is 6.54 Å². The second kappa shape index (κ2) is 7.21. The van der Waals surface area contributed by atoms with Gasteiger partial charge in [0.25, 0.3) is 5.91 Å². The topological polar surface area (TPSA) is 66.9 Å². The molecule has 0 bridgehead atoms. The summed E-state index contributed by atoms with van der Waals surface area (Å²) < 4.78 is 10.7. The molecule has 0 unspecified atom stereocenters. The van der Waals surface area contributed by atoms with Crippen LogP contribution >= 0.6 is 0 Å². The maximum atomic E-state index is 12.5.